The molecule has 1 aromatic rings. The van der Waals surface area contributed by atoms with E-state index in [0.29, 0.717) is 5.56 Å². The topological polar surface area (TPSA) is 102 Å². The molecule has 0 spiro atoms. The van der Waals surface area contributed by atoms with Gasteiger partial charge in [0.2, 0.25) is 5.85 Å². The quantitative estimate of drug-likeness (QED) is 0.522. The van der Waals surface area contributed by atoms with Crippen LogP contribution in [-0.4, -0.2) is 41.3 Å². The number of carbonyl (C=O) groups excluding carboxylic acids is 1. The van der Waals surface area contributed by atoms with E-state index in [4.69, 9.17) is 13.8 Å². The molecule has 0 aromatic heterocycles. The number of ether oxygens (including phenoxy) is 1. The van der Waals surface area contributed by atoms with Crippen molar-refractivity contribution in [3.05, 3.63) is 35.9 Å². The SMILES string of the molecule is CCOP(=O)(OCC)[C@@H](OC(C)=O)[C@@H](O)[C@H](O)c1ccccc1. The summed E-state index contributed by atoms with van der Waals surface area (Å²) in [6.07, 6.45) is -3.10. The van der Waals surface area contributed by atoms with Crippen molar-refractivity contribution in [3.8, 4) is 0 Å². The van der Waals surface area contributed by atoms with E-state index in [1.807, 2.05) is 0 Å². The maximum atomic E-state index is 12.8. The van der Waals surface area contributed by atoms with Crippen molar-refractivity contribution in [1.29, 1.82) is 0 Å². The molecule has 8 heteroatoms. The first-order valence-corrected chi connectivity index (χ1v) is 8.94. The van der Waals surface area contributed by atoms with Crippen LogP contribution in [0.2, 0.25) is 0 Å². The molecule has 0 saturated carbocycles. The fourth-order valence-electron chi connectivity index (χ4n) is 2.04. The van der Waals surface area contributed by atoms with Crippen LogP contribution in [-0.2, 0) is 23.1 Å². The minimum atomic E-state index is -3.97. The third-order valence-corrected chi connectivity index (χ3v) is 5.24. The monoisotopic (exact) mass is 346 g/mol. The van der Waals surface area contributed by atoms with Gasteiger partial charge in [-0.05, 0) is 19.4 Å². The molecule has 2 N–H and O–H groups in total. The van der Waals surface area contributed by atoms with Crippen molar-refractivity contribution >= 4 is 13.6 Å². The molecule has 0 aliphatic rings. The molecule has 0 heterocycles. The Morgan fingerprint density at radius 2 is 1.65 bits per heavy atom. The molecule has 0 aliphatic carbocycles. The average molecular weight is 346 g/mol. The molecular formula is C15H23O7P. The molecule has 7 nitrogen and oxygen atoms in total. The molecule has 130 valence electrons. The van der Waals surface area contributed by atoms with Gasteiger partial charge >= 0.3 is 13.6 Å². The zero-order chi connectivity index (χ0) is 17.5. The van der Waals surface area contributed by atoms with Gasteiger partial charge in [0.25, 0.3) is 0 Å². The van der Waals surface area contributed by atoms with Crippen LogP contribution in [0.1, 0.15) is 32.4 Å². The Kier molecular flexibility index (Phi) is 7.88. The van der Waals surface area contributed by atoms with Gasteiger partial charge in [-0.25, -0.2) is 0 Å². The Morgan fingerprint density at radius 3 is 2.09 bits per heavy atom. The van der Waals surface area contributed by atoms with E-state index in [2.05, 4.69) is 0 Å². The second-order valence-electron chi connectivity index (χ2n) is 4.72. The summed E-state index contributed by atoms with van der Waals surface area (Å²) < 4.78 is 28.0. The Hall–Kier alpha value is -1.24. The highest BCUT2D eigenvalue weighted by molar-refractivity contribution is 7.54. The van der Waals surface area contributed by atoms with Crippen molar-refractivity contribution in [2.24, 2.45) is 0 Å². The lowest BCUT2D eigenvalue weighted by atomic mass is 10.1. The number of esters is 1. The number of aliphatic hydroxyl groups excluding tert-OH is 2. The van der Waals surface area contributed by atoms with Crippen LogP contribution in [0.15, 0.2) is 30.3 Å². The zero-order valence-electron chi connectivity index (χ0n) is 13.4. The van der Waals surface area contributed by atoms with E-state index in [9.17, 15) is 19.6 Å². The highest BCUT2D eigenvalue weighted by Crippen LogP contribution is 2.55. The van der Waals surface area contributed by atoms with Crippen molar-refractivity contribution in [3.63, 3.8) is 0 Å². The number of carbonyl (C=O) groups is 1. The van der Waals surface area contributed by atoms with E-state index in [-0.39, 0.29) is 13.2 Å². The van der Waals surface area contributed by atoms with E-state index in [1.54, 1.807) is 44.2 Å². The highest BCUT2D eigenvalue weighted by atomic mass is 31.2. The maximum Gasteiger partial charge on any atom is 0.373 e. The van der Waals surface area contributed by atoms with E-state index in [1.165, 1.54) is 0 Å². The lowest BCUT2D eigenvalue weighted by Crippen LogP contribution is -2.36. The standard InChI is InChI=1S/C15H23O7P/c1-4-20-23(19,21-5-2)15(22-11(3)16)14(18)13(17)12-9-7-6-8-10-12/h6-10,13-15,17-18H,4-5H2,1-3H3/t13-,14+,15-/m1/s1. The highest BCUT2D eigenvalue weighted by Gasteiger charge is 2.46. The fraction of sp³-hybridized carbons (Fsp3) is 0.533. The normalized spacial score (nSPS) is 15.7. The first-order valence-electron chi connectivity index (χ1n) is 7.32. The average Bonchev–Trinajstić information content (AvgIpc) is 2.52. The van der Waals surface area contributed by atoms with E-state index in [0.717, 1.165) is 6.92 Å². The smallest absolute Gasteiger partial charge is 0.373 e. The van der Waals surface area contributed by atoms with Crippen molar-refractivity contribution < 1.29 is 33.4 Å². The Balaban J connectivity index is 3.13. The summed E-state index contributed by atoms with van der Waals surface area (Å²) in [5, 5.41) is 20.7. The van der Waals surface area contributed by atoms with Gasteiger partial charge in [-0.2, -0.15) is 0 Å². The van der Waals surface area contributed by atoms with Crippen LogP contribution in [0.5, 0.6) is 0 Å². The minimum Gasteiger partial charge on any atom is -0.447 e. The van der Waals surface area contributed by atoms with Gasteiger partial charge < -0.3 is 24.0 Å². The Morgan fingerprint density at radius 1 is 1.13 bits per heavy atom. The molecule has 0 saturated heterocycles. The molecule has 1 aromatic carbocycles. The Bertz CT molecular complexity index is 524. The van der Waals surface area contributed by atoms with Gasteiger partial charge in [0.05, 0.1) is 13.2 Å². The summed E-state index contributed by atoms with van der Waals surface area (Å²) in [6, 6.07) is 8.28. The van der Waals surface area contributed by atoms with Crippen molar-refractivity contribution in [1.82, 2.24) is 0 Å². The molecular weight excluding hydrogens is 323 g/mol. The van der Waals surface area contributed by atoms with Gasteiger partial charge in [0.1, 0.15) is 12.2 Å². The maximum absolute atomic E-state index is 12.8. The summed E-state index contributed by atoms with van der Waals surface area (Å²) in [5.74, 6) is -2.40. The van der Waals surface area contributed by atoms with Gasteiger partial charge in [-0.15, -0.1) is 0 Å². The van der Waals surface area contributed by atoms with Gasteiger partial charge in [-0.3, -0.25) is 9.36 Å². The number of hydrogen-bond acceptors (Lipinski definition) is 7. The summed E-state index contributed by atoms with van der Waals surface area (Å²) in [7, 11) is -3.97. The molecule has 0 aliphatic heterocycles. The summed E-state index contributed by atoms with van der Waals surface area (Å²) in [5.41, 5.74) is 0.386. The fourth-order valence-corrected chi connectivity index (χ4v) is 3.94. The van der Waals surface area contributed by atoms with Crippen molar-refractivity contribution in [2.45, 2.75) is 38.8 Å². The van der Waals surface area contributed by atoms with Crippen LogP contribution in [0.25, 0.3) is 0 Å². The molecule has 1 rings (SSSR count). The van der Waals surface area contributed by atoms with E-state index >= 15 is 0 Å². The second kappa shape index (κ2) is 9.15. The number of benzene rings is 1. The number of aliphatic hydroxyl groups is 2. The third-order valence-electron chi connectivity index (χ3n) is 2.97. The lowest BCUT2D eigenvalue weighted by Gasteiger charge is -2.31. The van der Waals surface area contributed by atoms with Crippen LogP contribution in [0.3, 0.4) is 0 Å². The third kappa shape index (κ3) is 5.41. The summed E-state index contributed by atoms with van der Waals surface area (Å²) in [6.45, 7) is 4.36. The largest absolute Gasteiger partial charge is 0.447 e. The first-order chi connectivity index (χ1) is 10.9. The Labute approximate surface area is 135 Å². The van der Waals surface area contributed by atoms with Crippen LogP contribution in [0.4, 0.5) is 0 Å². The molecule has 0 radical (unpaired) electrons. The van der Waals surface area contributed by atoms with Crippen LogP contribution >= 0.6 is 7.60 Å². The lowest BCUT2D eigenvalue weighted by molar-refractivity contribution is -0.152. The van der Waals surface area contributed by atoms with Gasteiger partial charge in [0, 0.05) is 6.92 Å². The van der Waals surface area contributed by atoms with Crippen LogP contribution in [0, 0.1) is 0 Å². The molecule has 23 heavy (non-hydrogen) atoms. The van der Waals surface area contributed by atoms with Crippen molar-refractivity contribution in [2.75, 3.05) is 13.2 Å². The van der Waals surface area contributed by atoms with Gasteiger partial charge in [-0.1, -0.05) is 30.3 Å². The predicted molar refractivity (Wildman–Crippen MR) is 83.8 cm³/mol. The minimum absolute atomic E-state index is 0.0309. The molecule has 0 amide bonds. The first kappa shape index (κ1) is 19.8. The zero-order valence-corrected chi connectivity index (χ0v) is 14.3. The molecule has 0 fully saturated rings. The molecule has 0 unspecified atom stereocenters. The van der Waals surface area contributed by atoms with E-state index < -0.39 is 31.6 Å². The summed E-state index contributed by atoms with van der Waals surface area (Å²) >= 11 is 0. The predicted octanol–water partition coefficient (Wildman–Crippen LogP) is 2.24. The number of hydrogen-bond donors (Lipinski definition) is 2. The second-order valence-corrected chi connectivity index (χ2v) is 6.83. The van der Waals surface area contributed by atoms with Gasteiger partial charge in [0.15, 0.2) is 0 Å². The molecule has 0 bridgehead atoms. The number of rotatable bonds is 9. The molecule has 3 atom stereocenters. The van der Waals surface area contributed by atoms with Crippen LogP contribution < -0.4 is 0 Å². The summed E-state index contributed by atoms with van der Waals surface area (Å²) in [4.78, 5) is 11.3.